The smallest absolute Gasteiger partial charge is 0.137 e. The van der Waals surface area contributed by atoms with Crippen LogP contribution in [0.25, 0.3) is 0 Å². The zero-order valence-corrected chi connectivity index (χ0v) is 12.1. The van der Waals surface area contributed by atoms with Crippen molar-refractivity contribution in [1.82, 2.24) is 0 Å². The summed E-state index contributed by atoms with van der Waals surface area (Å²) in [5, 5.41) is 0. The van der Waals surface area contributed by atoms with Crippen LogP contribution in [0.3, 0.4) is 0 Å². The molecule has 17 heavy (non-hydrogen) atoms. The molecule has 0 bridgehead atoms. The minimum Gasteiger partial charge on any atom is -0.324 e. The molecule has 1 fully saturated rings. The predicted molar refractivity (Wildman–Crippen MR) is 74.9 cm³/mol. The summed E-state index contributed by atoms with van der Waals surface area (Å²) in [5.74, 6) is 0.288. The Hall–Kier alpha value is -0.120. The van der Waals surface area contributed by atoms with Crippen LogP contribution in [-0.4, -0.2) is 0 Å². The van der Waals surface area contributed by atoms with Gasteiger partial charge in [-0.1, -0.05) is 31.4 Å². The molecule has 0 spiro atoms. The topological polar surface area (TPSA) is 26.0 Å². The summed E-state index contributed by atoms with van der Waals surface area (Å²) in [4.78, 5) is 0. The maximum atomic E-state index is 13.4. The molecular formula is C13H18BrClFN. The van der Waals surface area contributed by atoms with Gasteiger partial charge in [0.05, 0.1) is 4.47 Å². The zero-order valence-electron chi connectivity index (χ0n) is 9.66. The fourth-order valence-electron chi connectivity index (χ4n) is 2.53. The Labute approximate surface area is 117 Å². The summed E-state index contributed by atoms with van der Waals surface area (Å²) < 4.78 is 13.9. The van der Waals surface area contributed by atoms with E-state index in [0.717, 1.165) is 5.56 Å². The fraction of sp³-hybridized carbons (Fsp3) is 0.538. The number of hydrogen-bond donors (Lipinski definition) is 1. The van der Waals surface area contributed by atoms with Gasteiger partial charge in [-0.2, -0.15) is 0 Å². The SMILES string of the molecule is Cl.N[C@@H](c1cccc(F)c1Br)C1CCCCC1. The maximum Gasteiger partial charge on any atom is 0.137 e. The van der Waals surface area contributed by atoms with E-state index in [1.54, 1.807) is 6.07 Å². The highest BCUT2D eigenvalue weighted by molar-refractivity contribution is 9.10. The van der Waals surface area contributed by atoms with Crippen molar-refractivity contribution in [2.75, 3.05) is 0 Å². The van der Waals surface area contributed by atoms with Gasteiger partial charge >= 0.3 is 0 Å². The average Bonchev–Trinajstić information content (AvgIpc) is 2.33. The first-order valence-electron chi connectivity index (χ1n) is 5.89. The fourth-order valence-corrected chi connectivity index (χ4v) is 3.05. The molecule has 0 aliphatic heterocycles. The molecule has 1 aromatic rings. The first kappa shape index (κ1) is 14.9. The monoisotopic (exact) mass is 321 g/mol. The molecule has 1 atom stereocenters. The summed E-state index contributed by atoms with van der Waals surface area (Å²) >= 11 is 3.29. The number of halogens is 3. The summed E-state index contributed by atoms with van der Waals surface area (Å²) in [6, 6.07) is 5.08. The lowest BCUT2D eigenvalue weighted by Gasteiger charge is -2.28. The van der Waals surface area contributed by atoms with E-state index >= 15 is 0 Å². The van der Waals surface area contributed by atoms with Crippen LogP contribution in [0, 0.1) is 11.7 Å². The standard InChI is InChI=1S/C13H17BrFN.ClH/c14-12-10(7-4-8-11(12)15)13(16)9-5-2-1-3-6-9;/h4,7-9,13H,1-3,5-6,16H2;1H/t13-;/m1./s1. The Bertz CT molecular complexity index is 366. The van der Waals surface area contributed by atoms with Gasteiger partial charge < -0.3 is 5.73 Å². The molecule has 0 unspecified atom stereocenters. The van der Waals surface area contributed by atoms with E-state index in [4.69, 9.17) is 5.73 Å². The number of hydrogen-bond acceptors (Lipinski definition) is 1. The van der Waals surface area contributed by atoms with Crippen LogP contribution in [0.15, 0.2) is 22.7 Å². The minimum atomic E-state index is -0.219. The molecule has 2 N–H and O–H groups in total. The first-order chi connectivity index (χ1) is 7.70. The van der Waals surface area contributed by atoms with E-state index in [0.29, 0.717) is 10.4 Å². The second-order valence-electron chi connectivity index (χ2n) is 4.57. The molecule has 96 valence electrons. The van der Waals surface area contributed by atoms with Crippen molar-refractivity contribution in [3.05, 3.63) is 34.1 Å². The number of rotatable bonds is 2. The van der Waals surface area contributed by atoms with Crippen molar-refractivity contribution >= 4 is 28.3 Å². The Morgan fingerprint density at radius 2 is 1.88 bits per heavy atom. The van der Waals surface area contributed by atoms with Gasteiger partial charge in [-0.25, -0.2) is 4.39 Å². The molecule has 4 heteroatoms. The van der Waals surface area contributed by atoms with Crippen LogP contribution in [0.1, 0.15) is 43.7 Å². The quantitative estimate of drug-likeness (QED) is 0.846. The van der Waals surface area contributed by atoms with Crippen molar-refractivity contribution in [2.45, 2.75) is 38.1 Å². The van der Waals surface area contributed by atoms with Crippen LogP contribution in [0.2, 0.25) is 0 Å². The number of benzene rings is 1. The lowest BCUT2D eigenvalue weighted by atomic mass is 9.81. The molecule has 0 amide bonds. The average molecular weight is 323 g/mol. The van der Waals surface area contributed by atoms with Crippen molar-refractivity contribution < 1.29 is 4.39 Å². The molecule has 1 saturated carbocycles. The van der Waals surface area contributed by atoms with Gasteiger partial charge in [-0.05, 0) is 46.3 Å². The Morgan fingerprint density at radius 3 is 2.53 bits per heavy atom. The summed E-state index contributed by atoms with van der Waals surface area (Å²) in [6.45, 7) is 0. The third-order valence-electron chi connectivity index (χ3n) is 3.50. The molecule has 1 aromatic carbocycles. The highest BCUT2D eigenvalue weighted by atomic mass is 79.9. The molecule has 0 aromatic heterocycles. The van der Waals surface area contributed by atoms with Crippen LogP contribution in [0.5, 0.6) is 0 Å². The molecule has 1 aliphatic carbocycles. The molecular weight excluding hydrogens is 305 g/mol. The summed E-state index contributed by atoms with van der Waals surface area (Å²) in [5.41, 5.74) is 7.15. The van der Waals surface area contributed by atoms with Crippen LogP contribution in [-0.2, 0) is 0 Å². The van der Waals surface area contributed by atoms with Gasteiger partial charge in [-0.15, -0.1) is 12.4 Å². The van der Waals surface area contributed by atoms with Crippen molar-refractivity contribution in [1.29, 1.82) is 0 Å². The molecule has 2 rings (SSSR count). The van der Waals surface area contributed by atoms with Gasteiger partial charge in [0.15, 0.2) is 0 Å². The Morgan fingerprint density at radius 1 is 1.24 bits per heavy atom. The first-order valence-corrected chi connectivity index (χ1v) is 6.69. The van der Waals surface area contributed by atoms with Crippen molar-refractivity contribution in [3.8, 4) is 0 Å². The summed E-state index contributed by atoms with van der Waals surface area (Å²) in [7, 11) is 0. The zero-order chi connectivity index (χ0) is 11.5. The third kappa shape index (κ3) is 3.43. The lowest BCUT2D eigenvalue weighted by Crippen LogP contribution is -2.24. The normalized spacial score (nSPS) is 18.5. The van der Waals surface area contributed by atoms with Gasteiger partial charge in [0, 0.05) is 6.04 Å². The van der Waals surface area contributed by atoms with E-state index in [1.165, 1.54) is 38.2 Å². The molecule has 1 aliphatic rings. The maximum absolute atomic E-state index is 13.4. The highest BCUT2D eigenvalue weighted by Crippen LogP contribution is 2.36. The summed E-state index contributed by atoms with van der Waals surface area (Å²) in [6.07, 6.45) is 6.17. The van der Waals surface area contributed by atoms with Gasteiger partial charge in [0.1, 0.15) is 5.82 Å². The predicted octanol–water partition coefficient (Wildman–Crippen LogP) is 4.59. The Kier molecular flexibility index (Phi) is 5.90. The van der Waals surface area contributed by atoms with E-state index in [-0.39, 0.29) is 24.3 Å². The van der Waals surface area contributed by atoms with Crippen LogP contribution >= 0.6 is 28.3 Å². The largest absolute Gasteiger partial charge is 0.324 e. The van der Waals surface area contributed by atoms with E-state index in [1.807, 2.05) is 6.07 Å². The number of nitrogens with two attached hydrogens (primary N) is 1. The molecule has 0 heterocycles. The van der Waals surface area contributed by atoms with Crippen molar-refractivity contribution in [2.24, 2.45) is 11.7 Å². The van der Waals surface area contributed by atoms with Crippen molar-refractivity contribution in [3.63, 3.8) is 0 Å². The molecule has 1 nitrogen and oxygen atoms in total. The lowest BCUT2D eigenvalue weighted by molar-refractivity contribution is 0.307. The van der Waals surface area contributed by atoms with Crippen LogP contribution < -0.4 is 5.73 Å². The molecule has 0 saturated heterocycles. The van der Waals surface area contributed by atoms with Gasteiger partial charge in [0.2, 0.25) is 0 Å². The van der Waals surface area contributed by atoms with E-state index in [9.17, 15) is 4.39 Å². The van der Waals surface area contributed by atoms with E-state index in [2.05, 4.69) is 15.9 Å². The molecule has 0 radical (unpaired) electrons. The highest BCUT2D eigenvalue weighted by Gasteiger charge is 2.23. The van der Waals surface area contributed by atoms with Gasteiger partial charge in [-0.3, -0.25) is 0 Å². The minimum absolute atomic E-state index is 0. The Balaban J connectivity index is 0.00000144. The second-order valence-corrected chi connectivity index (χ2v) is 5.36. The second kappa shape index (κ2) is 6.72. The van der Waals surface area contributed by atoms with E-state index < -0.39 is 0 Å². The van der Waals surface area contributed by atoms with Gasteiger partial charge in [0.25, 0.3) is 0 Å². The van der Waals surface area contributed by atoms with Crippen LogP contribution in [0.4, 0.5) is 4.39 Å². The third-order valence-corrected chi connectivity index (χ3v) is 4.33.